The third kappa shape index (κ3) is 1.94. The van der Waals surface area contributed by atoms with Crippen molar-refractivity contribution < 1.29 is 4.42 Å². The van der Waals surface area contributed by atoms with Crippen LogP contribution < -0.4 is 10.6 Å². The maximum atomic E-state index is 11.8. The van der Waals surface area contributed by atoms with Gasteiger partial charge in [0.25, 0.3) is 0 Å². The van der Waals surface area contributed by atoms with Crippen LogP contribution in [0.25, 0.3) is 11.1 Å². The van der Waals surface area contributed by atoms with Crippen LogP contribution in [0.5, 0.6) is 0 Å². The second-order valence-electron chi connectivity index (χ2n) is 4.40. The van der Waals surface area contributed by atoms with Gasteiger partial charge in [0.15, 0.2) is 5.58 Å². The molecule has 98 valence electrons. The molecule has 6 heteroatoms. The molecule has 0 atom stereocenters. The predicted octanol–water partition coefficient (Wildman–Crippen LogP) is 2.30. The van der Waals surface area contributed by atoms with Crippen LogP contribution in [0.2, 0.25) is 0 Å². The number of fused-ring (bicyclic) bond motifs is 1. The van der Waals surface area contributed by atoms with Gasteiger partial charge in [-0.15, -0.1) is 0 Å². The summed E-state index contributed by atoms with van der Waals surface area (Å²) in [5.41, 5.74) is 8.66. The highest BCUT2D eigenvalue weighted by Crippen LogP contribution is 2.22. The van der Waals surface area contributed by atoms with E-state index < -0.39 is 0 Å². The van der Waals surface area contributed by atoms with Crippen LogP contribution in [0.1, 0.15) is 16.5 Å². The molecule has 0 amide bonds. The third-order valence-corrected chi connectivity index (χ3v) is 4.16. The molecule has 0 spiro atoms. The van der Waals surface area contributed by atoms with Crippen molar-refractivity contribution in [1.29, 1.82) is 0 Å². The Morgan fingerprint density at radius 1 is 1.42 bits per heavy atom. The molecule has 19 heavy (non-hydrogen) atoms. The number of oxazole rings is 1. The number of hydrogen-bond acceptors (Lipinski definition) is 5. The minimum Gasteiger partial charge on any atom is -0.439 e. The highest BCUT2D eigenvalue weighted by Gasteiger charge is 2.13. The van der Waals surface area contributed by atoms with Gasteiger partial charge in [-0.25, -0.2) is 4.98 Å². The van der Waals surface area contributed by atoms with Gasteiger partial charge < -0.3 is 10.2 Å². The minimum absolute atomic E-state index is 0.00484. The van der Waals surface area contributed by atoms with Crippen molar-refractivity contribution in [2.45, 2.75) is 20.4 Å². The van der Waals surface area contributed by atoms with Gasteiger partial charge in [0.05, 0.1) is 5.69 Å². The van der Waals surface area contributed by atoms with E-state index in [1.807, 2.05) is 26.0 Å². The van der Waals surface area contributed by atoms with Crippen molar-refractivity contribution >= 4 is 28.1 Å². The third-order valence-electron chi connectivity index (χ3n) is 3.16. The SMILES string of the molecule is Cc1sc(=O)n(Cc2nc3c(N)cccc3o2)c1C. The Labute approximate surface area is 113 Å². The number of thiazole rings is 1. The maximum absolute atomic E-state index is 11.8. The van der Waals surface area contributed by atoms with Gasteiger partial charge in [-0.2, -0.15) is 0 Å². The Bertz CT molecular complexity index is 813. The molecule has 0 aliphatic carbocycles. The summed E-state index contributed by atoms with van der Waals surface area (Å²) in [6.45, 7) is 4.19. The van der Waals surface area contributed by atoms with Crippen molar-refractivity contribution in [3.05, 3.63) is 44.3 Å². The second-order valence-corrected chi connectivity index (χ2v) is 5.56. The molecule has 0 aliphatic heterocycles. The summed E-state index contributed by atoms with van der Waals surface area (Å²) < 4.78 is 7.29. The maximum Gasteiger partial charge on any atom is 0.308 e. The standard InChI is InChI=1S/C13H13N3O2S/c1-7-8(2)19-13(17)16(7)6-11-15-12-9(14)4-3-5-10(12)18-11/h3-5H,6,14H2,1-2H3. The van der Waals surface area contributed by atoms with E-state index in [2.05, 4.69) is 4.98 Å². The molecule has 3 aromatic rings. The molecule has 2 aromatic heterocycles. The predicted molar refractivity (Wildman–Crippen MR) is 75.6 cm³/mol. The molecule has 0 aliphatic rings. The topological polar surface area (TPSA) is 74.0 Å². The van der Waals surface area contributed by atoms with Crippen LogP contribution in [-0.4, -0.2) is 9.55 Å². The monoisotopic (exact) mass is 275 g/mol. The lowest BCUT2D eigenvalue weighted by Gasteiger charge is -2.00. The van der Waals surface area contributed by atoms with Crippen LogP contribution in [0.15, 0.2) is 27.4 Å². The molecule has 1 aromatic carbocycles. The Balaban J connectivity index is 2.06. The Morgan fingerprint density at radius 2 is 2.21 bits per heavy atom. The lowest BCUT2D eigenvalue weighted by Crippen LogP contribution is -2.15. The van der Waals surface area contributed by atoms with Crippen LogP contribution in [0.4, 0.5) is 5.69 Å². The molecular weight excluding hydrogens is 262 g/mol. The van der Waals surface area contributed by atoms with E-state index in [9.17, 15) is 4.79 Å². The molecule has 3 rings (SSSR count). The quantitative estimate of drug-likeness (QED) is 0.728. The van der Waals surface area contributed by atoms with Crippen molar-refractivity contribution in [2.24, 2.45) is 0 Å². The first-order valence-electron chi connectivity index (χ1n) is 5.87. The molecule has 0 bridgehead atoms. The molecule has 2 heterocycles. The van der Waals surface area contributed by atoms with Gasteiger partial charge in [-0.05, 0) is 26.0 Å². The number of anilines is 1. The van der Waals surface area contributed by atoms with E-state index in [4.69, 9.17) is 10.2 Å². The van der Waals surface area contributed by atoms with E-state index >= 15 is 0 Å². The van der Waals surface area contributed by atoms with Crippen molar-refractivity contribution in [2.75, 3.05) is 5.73 Å². The van der Waals surface area contributed by atoms with Crippen molar-refractivity contribution in [3.63, 3.8) is 0 Å². The molecule has 5 nitrogen and oxygen atoms in total. The van der Waals surface area contributed by atoms with Crippen LogP contribution in [0, 0.1) is 13.8 Å². The Kier molecular flexibility index (Phi) is 2.67. The normalized spacial score (nSPS) is 11.3. The lowest BCUT2D eigenvalue weighted by atomic mass is 10.3. The zero-order valence-electron chi connectivity index (χ0n) is 10.6. The summed E-state index contributed by atoms with van der Waals surface area (Å²) in [7, 11) is 0. The number of benzene rings is 1. The summed E-state index contributed by atoms with van der Waals surface area (Å²) in [5.74, 6) is 0.496. The average Bonchev–Trinajstić information content (AvgIpc) is 2.88. The van der Waals surface area contributed by atoms with Crippen molar-refractivity contribution in [3.8, 4) is 0 Å². The fraction of sp³-hybridized carbons (Fsp3) is 0.231. The fourth-order valence-corrected chi connectivity index (χ4v) is 2.82. The number of aryl methyl sites for hydroxylation is 1. The largest absolute Gasteiger partial charge is 0.439 e. The highest BCUT2D eigenvalue weighted by molar-refractivity contribution is 7.09. The van der Waals surface area contributed by atoms with Gasteiger partial charge in [-0.3, -0.25) is 9.36 Å². The Morgan fingerprint density at radius 3 is 2.84 bits per heavy atom. The summed E-state index contributed by atoms with van der Waals surface area (Å²) in [4.78, 5) is 17.2. The van der Waals surface area contributed by atoms with E-state index in [0.717, 1.165) is 10.6 Å². The summed E-state index contributed by atoms with van der Waals surface area (Å²) >= 11 is 1.24. The van der Waals surface area contributed by atoms with Gasteiger partial charge in [-0.1, -0.05) is 17.4 Å². The number of para-hydroxylation sites is 1. The van der Waals surface area contributed by atoms with Crippen LogP contribution >= 0.6 is 11.3 Å². The zero-order valence-corrected chi connectivity index (χ0v) is 11.5. The average molecular weight is 275 g/mol. The van der Waals surface area contributed by atoms with Crippen LogP contribution in [0.3, 0.4) is 0 Å². The highest BCUT2D eigenvalue weighted by atomic mass is 32.1. The van der Waals surface area contributed by atoms with Gasteiger partial charge in [0, 0.05) is 10.6 Å². The van der Waals surface area contributed by atoms with E-state index in [0.29, 0.717) is 29.2 Å². The van der Waals surface area contributed by atoms with Gasteiger partial charge >= 0.3 is 4.87 Å². The van der Waals surface area contributed by atoms with Crippen molar-refractivity contribution in [1.82, 2.24) is 9.55 Å². The number of nitrogens with zero attached hydrogens (tertiary/aromatic N) is 2. The number of nitrogens with two attached hydrogens (primary N) is 1. The minimum atomic E-state index is 0.00484. The first kappa shape index (κ1) is 12.0. The van der Waals surface area contributed by atoms with Gasteiger partial charge in [0.2, 0.25) is 5.89 Å². The summed E-state index contributed by atoms with van der Waals surface area (Å²) in [6, 6.07) is 5.41. The number of hydrogen-bond donors (Lipinski definition) is 1. The summed E-state index contributed by atoms with van der Waals surface area (Å²) in [6.07, 6.45) is 0. The smallest absolute Gasteiger partial charge is 0.308 e. The fourth-order valence-electron chi connectivity index (χ4n) is 1.99. The molecule has 0 saturated carbocycles. The molecule has 0 radical (unpaired) electrons. The van der Waals surface area contributed by atoms with Crippen LogP contribution in [-0.2, 0) is 6.54 Å². The van der Waals surface area contributed by atoms with Gasteiger partial charge in [0.1, 0.15) is 12.1 Å². The first-order valence-corrected chi connectivity index (χ1v) is 6.68. The summed E-state index contributed by atoms with van der Waals surface area (Å²) in [5, 5.41) is 0. The number of nitrogen functional groups attached to an aromatic ring is 1. The number of rotatable bonds is 2. The number of aromatic nitrogens is 2. The molecular formula is C13H13N3O2S. The lowest BCUT2D eigenvalue weighted by molar-refractivity contribution is 0.503. The van der Waals surface area contributed by atoms with E-state index in [1.165, 1.54) is 11.3 Å². The van der Waals surface area contributed by atoms with E-state index in [-0.39, 0.29) is 4.87 Å². The molecule has 0 unspecified atom stereocenters. The second kappa shape index (κ2) is 4.24. The molecule has 0 saturated heterocycles. The molecule has 0 fully saturated rings. The molecule has 2 N–H and O–H groups in total. The Hall–Kier alpha value is -2.08. The zero-order chi connectivity index (χ0) is 13.6. The first-order chi connectivity index (χ1) is 9.06. The van der Waals surface area contributed by atoms with E-state index in [1.54, 1.807) is 10.6 Å².